The Labute approximate surface area is 148 Å². The Morgan fingerprint density at radius 2 is 1.88 bits per heavy atom. The van der Waals surface area contributed by atoms with E-state index in [1.807, 2.05) is 0 Å². The summed E-state index contributed by atoms with van der Waals surface area (Å²) in [6, 6.07) is 3.21. The number of amides is 1. The zero-order valence-corrected chi connectivity index (χ0v) is 14.8. The highest BCUT2D eigenvalue weighted by molar-refractivity contribution is 7.09. The van der Waals surface area contributed by atoms with Gasteiger partial charge in [0.25, 0.3) is 5.91 Å². The second kappa shape index (κ2) is 8.34. The van der Waals surface area contributed by atoms with Crippen molar-refractivity contribution in [1.29, 1.82) is 0 Å². The predicted octanol–water partition coefficient (Wildman–Crippen LogP) is 1.84. The first-order chi connectivity index (χ1) is 12.0. The molecule has 0 saturated carbocycles. The molecule has 0 fully saturated rings. The molecular formula is C16H18N2O6S. The van der Waals surface area contributed by atoms with Crippen LogP contribution in [0.1, 0.15) is 25.9 Å². The van der Waals surface area contributed by atoms with Crippen molar-refractivity contribution >= 4 is 23.2 Å². The van der Waals surface area contributed by atoms with Gasteiger partial charge in [0.05, 0.1) is 31.9 Å². The Hall–Kier alpha value is -2.81. The van der Waals surface area contributed by atoms with Crippen LogP contribution in [0.25, 0.3) is 0 Å². The number of nitrogens with zero attached hydrogens (tertiary/aromatic N) is 1. The summed E-state index contributed by atoms with van der Waals surface area (Å²) in [6.45, 7) is 0.308. The molecule has 0 saturated heterocycles. The molecule has 0 atom stereocenters. The van der Waals surface area contributed by atoms with Crippen LogP contribution in [-0.2, 0) is 6.42 Å². The molecule has 8 nitrogen and oxygen atoms in total. The zero-order valence-electron chi connectivity index (χ0n) is 14.0. The van der Waals surface area contributed by atoms with Gasteiger partial charge in [-0.2, -0.15) is 0 Å². The lowest BCUT2D eigenvalue weighted by molar-refractivity contribution is 0.0690. The third-order valence-electron chi connectivity index (χ3n) is 3.34. The molecule has 25 heavy (non-hydrogen) atoms. The Kier molecular flexibility index (Phi) is 6.18. The predicted molar refractivity (Wildman–Crippen MR) is 91.2 cm³/mol. The second-order valence-corrected chi connectivity index (χ2v) is 5.76. The van der Waals surface area contributed by atoms with Crippen LogP contribution >= 0.6 is 11.3 Å². The van der Waals surface area contributed by atoms with Gasteiger partial charge >= 0.3 is 5.97 Å². The fourth-order valence-electron chi connectivity index (χ4n) is 2.18. The number of thiazole rings is 1. The number of carbonyl (C=O) groups is 2. The lowest BCUT2D eigenvalue weighted by atomic mass is 10.1. The molecule has 9 heteroatoms. The van der Waals surface area contributed by atoms with Gasteiger partial charge in [-0.25, -0.2) is 9.78 Å². The van der Waals surface area contributed by atoms with Crippen molar-refractivity contribution in [3.8, 4) is 17.2 Å². The van der Waals surface area contributed by atoms with E-state index in [9.17, 15) is 9.59 Å². The summed E-state index contributed by atoms with van der Waals surface area (Å²) < 4.78 is 15.7. The van der Waals surface area contributed by atoms with Gasteiger partial charge in [-0.1, -0.05) is 0 Å². The van der Waals surface area contributed by atoms with Crippen LogP contribution in [0.15, 0.2) is 17.5 Å². The number of carboxylic acids is 1. The van der Waals surface area contributed by atoms with Crippen molar-refractivity contribution in [1.82, 2.24) is 10.3 Å². The van der Waals surface area contributed by atoms with E-state index in [1.165, 1.54) is 38.0 Å². The van der Waals surface area contributed by atoms with Crippen LogP contribution in [0, 0.1) is 0 Å². The van der Waals surface area contributed by atoms with Crippen LogP contribution < -0.4 is 19.5 Å². The monoisotopic (exact) mass is 366 g/mol. The zero-order chi connectivity index (χ0) is 18.4. The number of hydrogen-bond donors (Lipinski definition) is 2. The van der Waals surface area contributed by atoms with Crippen molar-refractivity contribution in [2.24, 2.45) is 0 Å². The van der Waals surface area contributed by atoms with Crippen molar-refractivity contribution < 1.29 is 28.9 Å². The molecule has 0 unspecified atom stereocenters. The molecule has 1 aromatic heterocycles. The summed E-state index contributed by atoms with van der Waals surface area (Å²) in [6.07, 6.45) is 0.430. The molecule has 2 aromatic rings. The minimum absolute atomic E-state index is 0.00730. The van der Waals surface area contributed by atoms with Gasteiger partial charge in [-0.15, -0.1) is 11.3 Å². The van der Waals surface area contributed by atoms with E-state index in [-0.39, 0.29) is 17.4 Å². The Bertz CT molecular complexity index is 774. The van der Waals surface area contributed by atoms with Gasteiger partial charge in [0.2, 0.25) is 5.75 Å². The lowest BCUT2D eigenvalue weighted by Crippen LogP contribution is -2.26. The summed E-state index contributed by atoms with van der Waals surface area (Å²) in [7, 11) is 4.40. The number of benzene rings is 1. The highest BCUT2D eigenvalue weighted by Gasteiger charge is 2.20. The van der Waals surface area contributed by atoms with Crippen LogP contribution in [0.4, 0.5) is 0 Å². The minimum atomic E-state index is -1.07. The maximum absolute atomic E-state index is 12.4. The average Bonchev–Trinajstić information content (AvgIpc) is 3.09. The summed E-state index contributed by atoms with van der Waals surface area (Å²) in [5, 5.41) is 13.7. The number of carboxylic acid groups (broad SMARTS) is 1. The van der Waals surface area contributed by atoms with Crippen molar-refractivity contribution in [2.45, 2.75) is 6.42 Å². The van der Waals surface area contributed by atoms with E-state index in [4.69, 9.17) is 19.3 Å². The molecule has 0 spiro atoms. The standard InChI is InChI=1S/C16H18N2O6S/c1-22-11-5-4-9(13(23-2)14(11)24-3)15(19)17-7-6-12-18-10(8-25-12)16(20)21/h4-5,8H,6-7H2,1-3H3,(H,17,19)(H,20,21). The first-order valence-corrected chi connectivity index (χ1v) is 8.14. The summed E-state index contributed by atoms with van der Waals surface area (Å²) in [5.41, 5.74) is 0.318. The van der Waals surface area contributed by atoms with E-state index in [1.54, 1.807) is 12.1 Å². The van der Waals surface area contributed by atoms with Crippen LogP contribution in [0.5, 0.6) is 17.2 Å². The molecule has 1 aromatic carbocycles. The van der Waals surface area contributed by atoms with Gasteiger partial charge < -0.3 is 24.6 Å². The normalized spacial score (nSPS) is 10.2. The van der Waals surface area contributed by atoms with Gasteiger partial charge in [0.15, 0.2) is 17.2 Å². The molecule has 1 heterocycles. The Balaban J connectivity index is 2.06. The number of hydrogen-bond acceptors (Lipinski definition) is 7. The molecule has 0 aliphatic rings. The molecule has 134 valence electrons. The summed E-state index contributed by atoms with van der Waals surface area (Å²) >= 11 is 1.24. The fraction of sp³-hybridized carbons (Fsp3) is 0.312. The number of methoxy groups -OCH3 is 3. The fourth-order valence-corrected chi connectivity index (χ4v) is 2.95. The van der Waals surface area contributed by atoms with Crippen LogP contribution in [0.2, 0.25) is 0 Å². The third kappa shape index (κ3) is 4.18. The van der Waals surface area contributed by atoms with E-state index in [2.05, 4.69) is 10.3 Å². The van der Waals surface area contributed by atoms with Crippen molar-refractivity contribution in [3.05, 3.63) is 33.8 Å². The average molecular weight is 366 g/mol. The molecule has 2 rings (SSSR count). The first kappa shape index (κ1) is 18.5. The van der Waals surface area contributed by atoms with Crippen molar-refractivity contribution in [2.75, 3.05) is 27.9 Å². The molecule has 0 aliphatic carbocycles. The number of aromatic carboxylic acids is 1. The van der Waals surface area contributed by atoms with Gasteiger partial charge in [-0.3, -0.25) is 4.79 Å². The minimum Gasteiger partial charge on any atom is -0.493 e. The number of aromatic nitrogens is 1. The summed E-state index contributed by atoms with van der Waals surface area (Å²) in [5.74, 6) is -0.334. The number of rotatable bonds is 8. The van der Waals surface area contributed by atoms with Crippen LogP contribution in [-0.4, -0.2) is 49.8 Å². The number of nitrogens with one attached hydrogen (secondary N) is 1. The number of carbonyl (C=O) groups excluding carboxylic acids is 1. The maximum Gasteiger partial charge on any atom is 0.355 e. The molecule has 2 N–H and O–H groups in total. The molecule has 1 amide bonds. The molecule has 0 aliphatic heterocycles. The molecular weight excluding hydrogens is 348 g/mol. The highest BCUT2D eigenvalue weighted by Crippen LogP contribution is 2.39. The molecule has 0 radical (unpaired) electrons. The SMILES string of the molecule is COc1ccc(C(=O)NCCc2nc(C(=O)O)cs2)c(OC)c1OC. The highest BCUT2D eigenvalue weighted by atomic mass is 32.1. The van der Waals surface area contributed by atoms with E-state index in [0.29, 0.717) is 35.0 Å². The van der Waals surface area contributed by atoms with Gasteiger partial charge in [-0.05, 0) is 12.1 Å². The maximum atomic E-state index is 12.4. The quantitative estimate of drug-likeness (QED) is 0.734. The van der Waals surface area contributed by atoms with Gasteiger partial charge in [0.1, 0.15) is 0 Å². The molecule has 0 bridgehead atoms. The second-order valence-electron chi connectivity index (χ2n) is 4.82. The van der Waals surface area contributed by atoms with Crippen molar-refractivity contribution in [3.63, 3.8) is 0 Å². The third-order valence-corrected chi connectivity index (χ3v) is 4.25. The summed E-state index contributed by atoms with van der Waals surface area (Å²) in [4.78, 5) is 27.2. The van der Waals surface area contributed by atoms with Crippen LogP contribution in [0.3, 0.4) is 0 Å². The number of ether oxygens (including phenoxy) is 3. The van der Waals surface area contributed by atoms with E-state index < -0.39 is 5.97 Å². The Morgan fingerprint density at radius 1 is 1.16 bits per heavy atom. The van der Waals surface area contributed by atoms with E-state index >= 15 is 0 Å². The first-order valence-electron chi connectivity index (χ1n) is 7.26. The largest absolute Gasteiger partial charge is 0.493 e. The van der Waals surface area contributed by atoms with E-state index in [0.717, 1.165) is 0 Å². The smallest absolute Gasteiger partial charge is 0.355 e. The van der Waals surface area contributed by atoms with Gasteiger partial charge in [0, 0.05) is 18.3 Å². The lowest BCUT2D eigenvalue weighted by Gasteiger charge is -2.15. The Morgan fingerprint density at radius 3 is 2.44 bits per heavy atom. The topological polar surface area (TPSA) is 107 Å².